The smallest absolute Gasteiger partial charge is 0.261 e. The molecule has 2 amide bonds. The molecule has 1 unspecified atom stereocenters. The van der Waals surface area contributed by atoms with Gasteiger partial charge in [-0.1, -0.05) is 12.1 Å². The van der Waals surface area contributed by atoms with Gasteiger partial charge in [0, 0.05) is 13.6 Å². The Morgan fingerprint density at radius 3 is 2.95 bits per heavy atom. The molecule has 1 atom stereocenters. The van der Waals surface area contributed by atoms with E-state index < -0.39 is 6.04 Å². The molecule has 7 nitrogen and oxygen atoms in total. The number of carbonyl (C=O) groups is 2. The van der Waals surface area contributed by atoms with Crippen LogP contribution in [0.5, 0.6) is 5.75 Å². The number of amides is 2. The van der Waals surface area contributed by atoms with Crippen molar-refractivity contribution in [1.82, 2.24) is 10.2 Å². The van der Waals surface area contributed by atoms with Gasteiger partial charge in [-0.25, -0.2) is 0 Å². The fourth-order valence-corrected chi connectivity index (χ4v) is 2.12. The molecule has 0 aromatic heterocycles. The minimum atomic E-state index is -0.618. The summed E-state index contributed by atoms with van der Waals surface area (Å²) in [5, 5.41) is 2.53. The fraction of sp³-hybridized carbons (Fsp3) is 0.429. The van der Waals surface area contributed by atoms with Crippen molar-refractivity contribution in [2.45, 2.75) is 6.04 Å². The molecule has 1 heterocycles. The van der Waals surface area contributed by atoms with Gasteiger partial charge in [0.1, 0.15) is 11.8 Å². The topological polar surface area (TPSA) is 93.9 Å². The third-order valence-electron chi connectivity index (χ3n) is 3.27. The van der Waals surface area contributed by atoms with E-state index in [4.69, 9.17) is 15.2 Å². The number of hydrogen-bond acceptors (Lipinski definition) is 5. The summed E-state index contributed by atoms with van der Waals surface area (Å²) in [6.45, 7) is 0.803. The first kappa shape index (κ1) is 15.1. The Hall–Kier alpha value is -2.28. The van der Waals surface area contributed by atoms with E-state index in [1.807, 2.05) is 0 Å². The van der Waals surface area contributed by atoms with E-state index in [9.17, 15) is 9.59 Å². The van der Waals surface area contributed by atoms with E-state index in [1.54, 1.807) is 24.3 Å². The van der Waals surface area contributed by atoms with Crippen molar-refractivity contribution in [3.63, 3.8) is 0 Å². The number of likely N-dealkylation sites (N-methyl/N-ethyl adjacent to an activating group) is 1. The molecule has 21 heavy (non-hydrogen) atoms. The maximum Gasteiger partial charge on any atom is 0.261 e. The first-order valence-corrected chi connectivity index (χ1v) is 6.69. The molecular formula is C14H19N3O4. The number of nitrogens with one attached hydrogen (secondary N) is 1. The van der Waals surface area contributed by atoms with E-state index in [2.05, 4.69) is 5.32 Å². The summed E-state index contributed by atoms with van der Waals surface area (Å²) in [5.41, 5.74) is 6.22. The molecule has 0 aliphatic carbocycles. The molecule has 0 spiro atoms. The van der Waals surface area contributed by atoms with Crippen LogP contribution in [0, 0.1) is 0 Å². The highest BCUT2D eigenvalue weighted by atomic mass is 16.5. The lowest BCUT2D eigenvalue weighted by Crippen LogP contribution is -2.56. The van der Waals surface area contributed by atoms with E-state index in [1.165, 1.54) is 11.9 Å². The lowest BCUT2D eigenvalue weighted by atomic mass is 10.2. The lowest BCUT2D eigenvalue weighted by Gasteiger charge is -2.34. The highest BCUT2D eigenvalue weighted by molar-refractivity contribution is 5.88. The van der Waals surface area contributed by atoms with Crippen LogP contribution < -0.4 is 15.8 Å². The van der Waals surface area contributed by atoms with Gasteiger partial charge in [0.15, 0.2) is 6.61 Å². The number of ether oxygens (including phenoxy) is 2. The van der Waals surface area contributed by atoms with Gasteiger partial charge in [-0.05, 0) is 12.1 Å². The SMILES string of the molecule is CNC(=O)C1COCCN1C(=O)COc1ccccc1N. The molecule has 3 N–H and O–H groups in total. The lowest BCUT2D eigenvalue weighted by molar-refractivity contribution is -0.149. The first-order valence-electron chi connectivity index (χ1n) is 6.69. The Kier molecular flexibility index (Phi) is 4.99. The minimum Gasteiger partial charge on any atom is -0.482 e. The number of nitrogens with zero attached hydrogens (tertiary/aromatic N) is 1. The number of nitrogens with two attached hydrogens (primary N) is 1. The molecule has 1 aliphatic heterocycles. The molecule has 0 bridgehead atoms. The Labute approximate surface area is 123 Å². The summed E-state index contributed by atoms with van der Waals surface area (Å²) in [5.74, 6) is -0.0620. The van der Waals surface area contributed by atoms with E-state index in [-0.39, 0.29) is 25.0 Å². The van der Waals surface area contributed by atoms with E-state index in [0.29, 0.717) is 24.6 Å². The number of carbonyl (C=O) groups excluding carboxylic acids is 2. The van der Waals surface area contributed by atoms with E-state index in [0.717, 1.165) is 0 Å². The van der Waals surface area contributed by atoms with Crippen LogP contribution in [0.4, 0.5) is 5.69 Å². The number of para-hydroxylation sites is 2. The molecule has 1 aromatic rings. The van der Waals surface area contributed by atoms with Gasteiger partial charge < -0.3 is 25.4 Å². The Balaban J connectivity index is 1.98. The van der Waals surface area contributed by atoms with Crippen LogP contribution in [0.25, 0.3) is 0 Å². The summed E-state index contributed by atoms with van der Waals surface area (Å²) in [7, 11) is 1.53. The largest absolute Gasteiger partial charge is 0.482 e. The van der Waals surface area contributed by atoms with Crippen LogP contribution in [0.3, 0.4) is 0 Å². The van der Waals surface area contributed by atoms with Gasteiger partial charge >= 0.3 is 0 Å². The van der Waals surface area contributed by atoms with Crippen LogP contribution >= 0.6 is 0 Å². The van der Waals surface area contributed by atoms with Gasteiger partial charge in [0.25, 0.3) is 5.91 Å². The molecule has 1 aromatic carbocycles. The first-order chi connectivity index (χ1) is 10.1. The third-order valence-corrected chi connectivity index (χ3v) is 3.27. The number of rotatable bonds is 4. The average molecular weight is 293 g/mol. The van der Waals surface area contributed by atoms with Crippen molar-refractivity contribution in [2.24, 2.45) is 0 Å². The zero-order valence-corrected chi connectivity index (χ0v) is 11.9. The predicted molar refractivity (Wildman–Crippen MR) is 76.7 cm³/mol. The van der Waals surface area contributed by atoms with Gasteiger partial charge in [0.05, 0.1) is 18.9 Å². The van der Waals surface area contributed by atoms with Crippen molar-refractivity contribution >= 4 is 17.5 Å². The summed E-state index contributed by atoms with van der Waals surface area (Å²) in [6, 6.07) is 6.33. The maximum atomic E-state index is 12.2. The number of nitrogen functional groups attached to an aromatic ring is 1. The molecule has 2 rings (SSSR count). The molecule has 7 heteroatoms. The molecule has 0 radical (unpaired) electrons. The standard InChI is InChI=1S/C14H19N3O4/c1-16-14(19)11-8-20-7-6-17(11)13(18)9-21-12-5-3-2-4-10(12)15/h2-5,11H,6-9,15H2,1H3,(H,16,19). The normalized spacial score (nSPS) is 18.1. The second-order valence-corrected chi connectivity index (χ2v) is 4.62. The molecule has 1 aliphatic rings. The second kappa shape index (κ2) is 6.94. The van der Waals surface area contributed by atoms with Gasteiger partial charge in [-0.3, -0.25) is 9.59 Å². The second-order valence-electron chi connectivity index (χ2n) is 4.62. The van der Waals surface area contributed by atoms with Crippen LogP contribution in [0.2, 0.25) is 0 Å². The average Bonchev–Trinajstić information content (AvgIpc) is 2.53. The number of morpholine rings is 1. The van der Waals surface area contributed by atoms with Gasteiger partial charge in [-0.2, -0.15) is 0 Å². The number of hydrogen-bond donors (Lipinski definition) is 2. The van der Waals surface area contributed by atoms with Crippen LogP contribution in [-0.4, -0.2) is 56.2 Å². The van der Waals surface area contributed by atoms with Crippen molar-refractivity contribution in [2.75, 3.05) is 39.1 Å². The van der Waals surface area contributed by atoms with Gasteiger partial charge in [0.2, 0.25) is 5.91 Å². The third kappa shape index (κ3) is 3.63. The Morgan fingerprint density at radius 2 is 2.24 bits per heavy atom. The fourth-order valence-electron chi connectivity index (χ4n) is 2.12. The number of anilines is 1. The zero-order chi connectivity index (χ0) is 15.2. The molecule has 0 saturated carbocycles. The minimum absolute atomic E-state index is 0.165. The number of benzene rings is 1. The molecular weight excluding hydrogens is 274 g/mol. The van der Waals surface area contributed by atoms with Crippen molar-refractivity contribution < 1.29 is 19.1 Å². The zero-order valence-electron chi connectivity index (χ0n) is 11.9. The summed E-state index contributed by atoms with van der Waals surface area (Å²) in [6.07, 6.45) is 0. The van der Waals surface area contributed by atoms with Crippen molar-refractivity contribution in [3.05, 3.63) is 24.3 Å². The predicted octanol–water partition coefficient (Wildman–Crippen LogP) is -0.379. The Morgan fingerprint density at radius 1 is 1.48 bits per heavy atom. The summed E-state index contributed by atoms with van der Waals surface area (Å²) < 4.78 is 10.7. The quantitative estimate of drug-likeness (QED) is 0.738. The monoisotopic (exact) mass is 293 g/mol. The maximum absolute atomic E-state index is 12.2. The van der Waals surface area contributed by atoms with Crippen LogP contribution in [0.1, 0.15) is 0 Å². The van der Waals surface area contributed by atoms with Gasteiger partial charge in [-0.15, -0.1) is 0 Å². The van der Waals surface area contributed by atoms with Crippen molar-refractivity contribution in [3.8, 4) is 5.75 Å². The molecule has 1 saturated heterocycles. The highest BCUT2D eigenvalue weighted by Gasteiger charge is 2.32. The van der Waals surface area contributed by atoms with Crippen LogP contribution in [0.15, 0.2) is 24.3 Å². The highest BCUT2D eigenvalue weighted by Crippen LogP contribution is 2.20. The van der Waals surface area contributed by atoms with Crippen molar-refractivity contribution in [1.29, 1.82) is 0 Å². The molecule has 1 fully saturated rings. The summed E-state index contributed by atoms with van der Waals surface area (Å²) >= 11 is 0. The van der Waals surface area contributed by atoms with E-state index >= 15 is 0 Å². The summed E-state index contributed by atoms with van der Waals surface area (Å²) in [4.78, 5) is 25.5. The Bertz CT molecular complexity index is 521. The molecule has 114 valence electrons. The van der Waals surface area contributed by atoms with Crippen LogP contribution in [-0.2, 0) is 14.3 Å².